The Morgan fingerprint density at radius 1 is 1.19 bits per heavy atom. The molecule has 0 fully saturated rings. The van der Waals surface area contributed by atoms with Crippen LogP contribution in [0.4, 0.5) is 0 Å². The van der Waals surface area contributed by atoms with E-state index in [1.165, 1.54) is 0 Å². The van der Waals surface area contributed by atoms with Gasteiger partial charge in [-0.2, -0.15) is 18.4 Å². The fourth-order valence-corrected chi connectivity index (χ4v) is 4.07. The second kappa shape index (κ2) is 7.67. The predicted molar refractivity (Wildman–Crippen MR) is 103 cm³/mol. The molecule has 1 aliphatic heterocycles. The molecule has 0 atom stereocenters. The van der Waals surface area contributed by atoms with Crippen LogP contribution in [-0.2, 0) is 10.0 Å². The van der Waals surface area contributed by atoms with Crippen LogP contribution in [-0.4, -0.2) is 27.8 Å². The van der Waals surface area contributed by atoms with Gasteiger partial charge >= 0.3 is 0 Å². The number of benzene rings is 2. The Morgan fingerprint density at radius 3 is 2.62 bits per heavy atom. The lowest BCUT2D eigenvalue weighted by Crippen LogP contribution is -2.20. The molecule has 0 aliphatic carbocycles. The minimum atomic E-state index is -3.73. The summed E-state index contributed by atoms with van der Waals surface area (Å²) >= 11 is 3.48. The maximum atomic E-state index is 12.5. The molecule has 0 bridgehead atoms. The number of methoxy groups -OCH3 is 1. The van der Waals surface area contributed by atoms with Crippen LogP contribution < -0.4 is 14.3 Å². The number of rotatable bonds is 4. The van der Waals surface area contributed by atoms with Gasteiger partial charge < -0.3 is 9.47 Å². The second-order valence-electron chi connectivity index (χ2n) is 5.88. The Hall–Kier alpha value is -2.06. The topological polar surface area (TPSA) is 77.0 Å². The van der Waals surface area contributed by atoms with Gasteiger partial charge in [0.05, 0.1) is 24.3 Å². The largest absolute Gasteiger partial charge is 0.495 e. The van der Waals surface area contributed by atoms with Crippen LogP contribution in [0.25, 0.3) is 0 Å². The van der Waals surface area contributed by atoms with E-state index in [2.05, 4.69) is 25.9 Å². The maximum Gasteiger partial charge on any atom is 0.276 e. The highest BCUT2D eigenvalue weighted by atomic mass is 79.9. The molecule has 2 aromatic carbocycles. The summed E-state index contributed by atoms with van der Waals surface area (Å²) in [5.41, 5.74) is 2.35. The van der Waals surface area contributed by atoms with Crippen molar-refractivity contribution >= 4 is 31.7 Å². The number of fused-ring (bicyclic) bond motifs is 1. The van der Waals surface area contributed by atoms with E-state index < -0.39 is 10.0 Å². The number of hydrogen-bond donors (Lipinski definition) is 1. The van der Waals surface area contributed by atoms with Crippen molar-refractivity contribution in [3.8, 4) is 11.5 Å². The molecule has 0 spiro atoms. The monoisotopic (exact) mass is 438 g/mol. The first-order valence-electron chi connectivity index (χ1n) is 8.07. The van der Waals surface area contributed by atoms with Gasteiger partial charge in [-0.15, -0.1) is 0 Å². The molecule has 138 valence electrons. The van der Waals surface area contributed by atoms with Gasteiger partial charge in [0.2, 0.25) is 0 Å². The summed E-state index contributed by atoms with van der Waals surface area (Å²) in [5, 5.41) is 4.19. The number of nitrogens with one attached hydrogen (secondary N) is 1. The molecule has 1 aliphatic rings. The van der Waals surface area contributed by atoms with Crippen molar-refractivity contribution in [2.75, 3.05) is 13.7 Å². The Morgan fingerprint density at radius 2 is 1.92 bits per heavy atom. The summed E-state index contributed by atoms with van der Waals surface area (Å²) in [4.78, 5) is 2.51. The number of hydrogen-bond acceptors (Lipinski definition) is 5. The predicted octanol–water partition coefficient (Wildman–Crippen LogP) is 3.62. The lowest BCUT2D eigenvalue weighted by molar-refractivity contribution is 0.312. The minimum absolute atomic E-state index is 0.174. The van der Waals surface area contributed by atoms with E-state index >= 15 is 0 Å². The molecule has 0 radical (unpaired) electrons. The highest BCUT2D eigenvalue weighted by Crippen LogP contribution is 2.39. The number of aryl methyl sites for hydroxylation is 1. The molecular formula is C18H19BrN2O4S. The number of nitrogens with zero attached hydrogens (tertiary/aromatic N) is 1. The molecule has 8 heteroatoms. The van der Waals surface area contributed by atoms with Gasteiger partial charge in [-0.1, -0.05) is 17.7 Å². The normalized spacial score (nSPS) is 15.7. The lowest BCUT2D eigenvalue weighted by Gasteiger charge is -2.13. The summed E-state index contributed by atoms with van der Waals surface area (Å²) < 4.78 is 36.7. The van der Waals surface area contributed by atoms with Crippen LogP contribution in [0.15, 0.2) is 50.9 Å². The van der Waals surface area contributed by atoms with Crippen molar-refractivity contribution < 1.29 is 17.9 Å². The van der Waals surface area contributed by atoms with Crippen molar-refractivity contribution in [2.45, 2.75) is 24.7 Å². The highest BCUT2D eigenvalue weighted by molar-refractivity contribution is 9.10. The fraction of sp³-hybridized carbons (Fsp3) is 0.278. The molecule has 0 amide bonds. The number of hydrazone groups is 1. The van der Waals surface area contributed by atoms with Crippen molar-refractivity contribution in [2.24, 2.45) is 5.10 Å². The van der Waals surface area contributed by atoms with E-state index in [4.69, 9.17) is 9.47 Å². The van der Waals surface area contributed by atoms with Crippen molar-refractivity contribution in [1.29, 1.82) is 0 Å². The maximum absolute atomic E-state index is 12.5. The molecule has 0 unspecified atom stereocenters. The minimum Gasteiger partial charge on any atom is -0.495 e. The van der Waals surface area contributed by atoms with Gasteiger partial charge in [-0.05, 0) is 60.0 Å². The number of ether oxygens (including phenoxy) is 2. The Labute approximate surface area is 161 Å². The van der Waals surface area contributed by atoms with Gasteiger partial charge in [-0.3, -0.25) is 0 Å². The average Bonchev–Trinajstić information content (AvgIpc) is 2.83. The second-order valence-corrected chi connectivity index (χ2v) is 8.33. The van der Waals surface area contributed by atoms with Gasteiger partial charge in [0.25, 0.3) is 10.0 Å². The van der Waals surface area contributed by atoms with Gasteiger partial charge in [0, 0.05) is 5.56 Å². The van der Waals surface area contributed by atoms with Crippen LogP contribution >= 0.6 is 15.9 Å². The van der Waals surface area contributed by atoms with E-state index in [0.717, 1.165) is 17.5 Å². The molecule has 0 saturated heterocycles. The number of sulfonamides is 1. The van der Waals surface area contributed by atoms with E-state index in [-0.39, 0.29) is 4.90 Å². The zero-order valence-electron chi connectivity index (χ0n) is 14.5. The van der Waals surface area contributed by atoms with Crippen molar-refractivity contribution in [1.82, 2.24) is 4.83 Å². The van der Waals surface area contributed by atoms with Crippen LogP contribution in [0.1, 0.15) is 24.0 Å². The van der Waals surface area contributed by atoms with E-state index in [0.29, 0.717) is 34.7 Å². The van der Waals surface area contributed by atoms with Gasteiger partial charge in [-0.25, -0.2) is 0 Å². The Bertz CT molecular complexity index is 940. The first-order valence-corrected chi connectivity index (χ1v) is 10.3. The lowest BCUT2D eigenvalue weighted by atomic mass is 10.1. The summed E-state index contributed by atoms with van der Waals surface area (Å²) in [7, 11) is -2.15. The first-order chi connectivity index (χ1) is 12.4. The van der Waals surface area contributed by atoms with Crippen LogP contribution in [0.2, 0.25) is 0 Å². The third-order valence-electron chi connectivity index (χ3n) is 4.03. The van der Waals surface area contributed by atoms with E-state index in [1.54, 1.807) is 37.4 Å². The first kappa shape index (κ1) is 18.7. The molecule has 0 aromatic heterocycles. The molecule has 1 heterocycles. The highest BCUT2D eigenvalue weighted by Gasteiger charge is 2.21. The van der Waals surface area contributed by atoms with Crippen LogP contribution in [0.5, 0.6) is 11.5 Å². The number of halogens is 1. The molecule has 3 rings (SSSR count). The molecular weight excluding hydrogens is 420 g/mol. The van der Waals surface area contributed by atoms with Crippen LogP contribution in [0.3, 0.4) is 0 Å². The van der Waals surface area contributed by atoms with E-state index in [9.17, 15) is 8.42 Å². The third-order valence-corrected chi connectivity index (χ3v) is 6.00. The summed E-state index contributed by atoms with van der Waals surface area (Å²) in [5.74, 6) is 1.25. The molecule has 1 N–H and O–H groups in total. The fourth-order valence-electron chi connectivity index (χ4n) is 2.61. The standard InChI is InChI=1S/C18H19BrN2O4S/c1-12-5-7-13(8-6-12)26(22,23)21-20-15-4-3-11-25-18-14(15)9-10-16(24-2)17(18)19/h5-10,21H,3-4,11H2,1-2H3/b20-15+. The zero-order chi connectivity index (χ0) is 18.7. The molecule has 0 saturated carbocycles. The molecule has 6 nitrogen and oxygen atoms in total. The third kappa shape index (κ3) is 3.86. The summed E-state index contributed by atoms with van der Waals surface area (Å²) in [6.45, 7) is 2.42. The summed E-state index contributed by atoms with van der Waals surface area (Å²) in [6.07, 6.45) is 1.33. The Balaban J connectivity index is 1.94. The Kier molecular flexibility index (Phi) is 5.52. The average molecular weight is 439 g/mol. The van der Waals surface area contributed by atoms with Crippen LogP contribution in [0, 0.1) is 6.92 Å². The van der Waals surface area contributed by atoms with Gasteiger partial charge in [0.1, 0.15) is 16.0 Å². The zero-order valence-corrected chi connectivity index (χ0v) is 16.9. The molecule has 26 heavy (non-hydrogen) atoms. The smallest absolute Gasteiger partial charge is 0.276 e. The van der Waals surface area contributed by atoms with Gasteiger partial charge in [0.15, 0.2) is 0 Å². The quantitative estimate of drug-likeness (QED) is 0.739. The SMILES string of the molecule is COc1ccc2c(c1Br)OCCC/C2=N\NS(=O)(=O)c1ccc(C)cc1. The van der Waals surface area contributed by atoms with Crippen molar-refractivity contribution in [3.05, 3.63) is 52.0 Å². The van der Waals surface area contributed by atoms with E-state index in [1.807, 2.05) is 13.0 Å². The summed E-state index contributed by atoms with van der Waals surface area (Å²) in [6, 6.07) is 10.2. The van der Waals surface area contributed by atoms with Crippen molar-refractivity contribution in [3.63, 3.8) is 0 Å². The molecule has 2 aromatic rings.